The summed E-state index contributed by atoms with van der Waals surface area (Å²) in [5.41, 5.74) is 0.669. The molecule has 2 heterocycles. The van der Waals surface area contributed by atoms with Crippen LogP contribution in [0.5, 0.6) is 11.5 Å². The molecule has 2 aliphatic heterocycles. The third kappa shape index (κ3) is 6.20. The first-order valence-electron chi connectivity index (χ1n) is 13.3. The number of para-hydroxylation sites is 2. The van der Waals surface area contributed by atoms with Crippen molar-refractivity contribution >= 4 is 33.1 Å². The number of sulfonamides is 1. The number of anilines is 3. The first-order valence-corrected chi connectivity index (χ1v) is 14.8. The number of nitrogens with one attached hydrogen (secondary N) is 1. The third-order valence-corrected chi connectivity index (χ3v) is 9.10. The maximum absolute atomic E-state index is 13.8. The van der Waals surface area contributed by atoms with Crippen molar-refractivity contribution < 1.29 is 41.0 Å². The van der Waals surface area contributed by atoms with Gasteiger partial charge in [0, 0.05) is 31.2 Å². The summed E-state index contributed by atoms with van der Waals surface area (Å²) in [6.45, 7) is 1.04. The second-order valence-electron chi connectivity index (χ2n) is 10.2. The quantitative estimate of drug-likeness (QED) is 0.342. The maximum Gasteiger partial charge on any atom is 0.416 e. The fourth-order valence-electron chi connectivity index (χ4n) is 5.22. The highest BCUT2D eigenvalue weighted by Gasteiger charge is 2.38. The van der Waals surface area contributed by atoms with Crippen molar-refractivity contribution in [2.24, 2.45) is 0 Å². The SMILES string of the molecule is COc1ccccc1NC1CCN(c2ccc3c(c2)N(S(=O)(=O)c2cccc(C(F)(F)F)c2)C[C@H](CCC(=O)O)O3)C1. The van der Waals surface area contributed by atoms with E-state index in [1.807, 2.05) is 24.3 Å². The van der Waals surface area contributed by atoms with Gasteiger partial charge in [0.05, 0.1) is 35.5 Å². The molecule has 0 aromatic heterocycles. The molecule has 0 amide bonds. The lowest BCUT2D eigenvalue weighted by atomic mass is 10.1. The van der Waals surface area contributed by atoms with Crippen LogP contribution < -0.4 is 24.0 Å². The number of alkyl halides is 3. The average Bonchev–Trinajstić information content (AvgIpc) is 3.43. The Hall–Kier alpha value is -4.13. The minimum Gasteiger partial charge on any atom is -0.495 e. The molecule has 3 aromatic carbocycles. The van der Waals surface area contributed by atoms with Gasteiger partial charge in [0.1, 0.15) is 17.6 Å². The van der Waals surface area contributed by atoms with Gasteiger partial charge in [0.25, 0.3) is 10.0 Å². The Morgan fingerprint density at radius 1 is 1.10 bits per heavy atom. The predicted molar refractivity (Wildman–Crippen MR) is 151 cm³/mol. The molecule has 0 spiro atoms. The van der Waals surface area contributed by atoms with Gasteiger partial charge in [0.15, 0.2) is 0 Å². The van der Waals surface area contributed by atoms with Gasteiger partial charge >= 0.3 is 12.1 Å². The van der Waals surface area contributed by atoms with Crippen LogP contribution >= 0.6 is 0 Å². The summed E-state index contributed by atoms with van der Waals surface area (Å²) in [6, 6.07) is 16.3. The molecule has 13 heteroatoms. The van der Waals surface area contributed by atoms with E-state index in [2.05, 4.69) is 10.2 Å². The van der Waals surface area contributed by atoms with Crippen molar-refractivity contribution in [1.82, 2.24) is 0 Å². The van der Waals surface area contributed by atoms with Gasteiger partial charge < -0.3 is 24.8 Å². The number of rotatable bonds is 9. The van der Waals surface area contributed by atoms with E-state index >= 15 is 0 Å². The molecule has 1 unspecified atom stereocenters. The number of nitrogens with zero attached hydrogens (tertiary/aromatic N) is 2. The molecule has 5 rings (SSSR count). The average molecular weight is 606 g/mol. The molecule has 42 heavy (non-hydrogen) atoms. The van der Waals surface area contributed by atoms with Crippen molar-refractivity contribution in [2.75, 3.05) is 41.3 Å². The summed E-state index contributed by atoms with van der Waals surface area (Å²) in [4.78, 5) is 12.7. The van der Waals surface area contributed by atoms with Crippen LogP contribution in [0.2, 0.25) is 0 Å². The number of carboxylic acid groups (broad SMARTS) is 1. The van der Waals surface area contributed by atoms with E-state index in [4.69, 9.17) is 14.6 Å². The number of hydrogen-bond acceptors (Lipinski definition) is 7. The predicted octanol–water partition coefficient (Wildman–Crippen LogP) is 5.23. The molecule has 3 aromatic rings. The minimum atomic E-state index is -4.73. The fraction of sp³-hybridized carbons (Fsp3) is 0.345. The van der Waals surface area contributed by atoms with E-state index in [0.717, 1.165) is 46.0 Å². The van der Waals surface area contributed by atoms with Crippen LogP contribution in [0.3, 0.4) is 0 Å². The lowest BCUT2D eigenvalue weighted by molar-refractivity contribution is -0.138. The van der Waals surface area contributed by atoms with Crippen molar-refractivity contribution in [3.05, 3.63) is 72.3 Å². The molecular formula is C29H30F3N3O6S. The van der Waals surface area contributed by atoms with Crippen LogP contribution in [0, 0.1) is 0 Å². The highest BCUT2D eigenvalue weighted by atomic mass is 32.2. The number of carbonyl (C=O) groups is 1. The van der Waals surface area contributed by atoms with Crippen molar-refractivity contribution in [3.8, 4) is 11.5 Å². The Kier molecular flexibility index (Phi) is 8.13. The molecule has 0 aliphatic carbocycles. The van der Waals surface area contributed by atoms with E-state index in [9.17, 15) is 26.4 Å². The maximum atomic E-state index is 13.8. The van der Waals surface area contributed by atoms with E-state index in [1.54, 1.807) is 25.3 Å². The molecule has 2 N–H and O–H groups in total. The number of hydrogen-bond donors (Lipinski definition) is 2. The Labute approximate surface area is 241 Å². The molecule has 0 radical (unpaired) electrons. The van der Waals surface area contributed by atoms with Crippen LogP contribution in [0.4, 0.5) is 30.2 Å². The summed E-state index contributed by atoms with van der Waals surface area (Å²) < 4.78 is 80.3. The number of aliphatic carboxylic acids is 1. The van der Waals surface area contributed by atoms with E-state index < -0.39 is 38.7 Å². The van der Waals surface area contributed by atoms with Gasteiger partial charge in [-0.2, -0.15) is 13.2 Å². The summed E-state index contributed by atoms with van der Waals surface area (Å²) in [6.07, 6.45) is -4.97. The Balaban J connectivity index is 1.45. The Morgan fingerprint density at radius 3 is 2.62 bits per heavy atom. The van der Waals surface area contributed by atoms with E-state index in [-0.39, 0.29) is 36.9 Å². The molecule has 0 bridgehead atoms. The fourth-order valence-corrected chi connectivity index (χ4v) is 6.76. The summed E-state index contributed by atoms with van der Waals surface area (Å²) in [5.74, 6) is -0.147. The van der Waals surface area contributed by atoms with Crippen LogP contribution in [-0.4, -0.2) is 58.4 Å². The standard InChI is InChI=1S/C29H30F3N3O6S/c1-40-26-8-3-2-7-24(26)33-20-13-14-34(17-20)21-9-11-27-25(16-21)35(18-22(41-27)10-12-28(36)37)42(38,39)23-6-4-5-19(15-23)29(30,31)32/h2-9,11,15-16,20,22,33H,10,12-14,17-18H2,1H3,(H,36,37)/t20?,22-/m0/s1. The summed E-state index contributed by atoms with van der Waals surface area (Å²) in [5, 5.41) is 12.6. The normalized spacial score (nSPS) is 18.8. The Morgan fingerprint density at radius 2 is 1.88 bits per heavy atom. The number of fused-ring (bicyclic) bond motifs is 1. The zero-order valence-corrected chi connectivity index (χ0v) is 23.5. The molecule has 224 valence electrons. The zero-order valence-electron chi connectivity index (χ0n) is 22.7. The van der Waals surface area contributed by atoms with Crippen LogP contribution in [0.15, 0.2) is 71.6 Å². The smallest absolute Gasteiger partial charge is 0.416 e. The van der Waals surface area contributed by atoms with Gasteiger partial charge in [-0.3, -0.25) is 9.10 Å². The van der Waals surface area contributed by atoms with Crippen molar-refractivity contribution in [1.29, 1.82) is 0 Å². The molecule has 1 saturated heterocycles. The first-order chi connectivity index (χ1) is 20.0. The lowest BCUT2D eigenvalue weighted by Gasteiger charge is -2.36. The summed E-state index contributed by atoms with van der Waals surface area (Å²) >= 11 is 0. The Bertz CT molecular complexity index is 1570. The van der Waals surface area contributed by atoms with Crippen LogP contribution in [0.25, 0.3) is 0 Å². The summed E-state index contributed by atoms with van der Waals surface area (Å²) in [7, 11) is -2.87. The van der Waals surface area contributed by atoms with Crippen molar-refractivity contribution in [2.45, 2.75) is 42.5 Å². The lowest BCUT2D eigenvalue weighted by Crippen LogP contribution is -2.44. The zero-order chi connectivity index (χ0) is 30.1. The number of ether oxygens (including phenoxy) is 2. The molecule has 0 saturated carbocycles. The molecule has 1 fully saturated rings. The van der Waals surface area contributed by atoms with Crippen LogP contribution in [-0.2, 0) is 21.0 Å². The molecule has 2 atom stereocenters. The van der Waals surface area contributed by atoms with Gasteiger partial charge in [-0.1, -0.05) is 18.2 Å². The largest absolute Gasteiger partial charge is 0.495 e. The van der Waals surface area contributed by atoms with E-state index in [0.29, 0.717) is 19.2 Å². The van der Waals surface area contributed by atoms with Gasteiger partial charge in [0.2, 0.25) is 0 Å². The molecular weight excluding hydrogens is 575 g/mol. The first kappa shape index (κ1) is 29.4. The van der Waals surface area contributed by atoms with Gasteiger partial charge in [-0.15, -0.1) is 0 Å². The number of halogens is 3. The molecule has 2 aliphatic rings. The molecule has 9 nitrogen and oxygen atoms in total. The number of benzene rings is 3. The second kappa shape index (κ2) is 11.6. The topological polar surface area (TPSA) is 108 Å². The van der Waals surface area contributed by atoms with Gasteiger partial charge in [-0.25, -0.2) is 8.42 Å². The van der Waals surface area contributed by atoms with Crippen LogP contribution in [0.1, 0.15) is 24.8 Å². The van der Waals surface area contributed by atoms with E-state index in [1.165, 1.54) is 0 Å². The highest BCUT2D eigenvalue weighted by Crippen LogP contribution is 2.42. The van der Waals surface area contributed by atoms with Gasteiger partial charge in [-0.05, 0) is 61.4 Å². The highest BCUT2D eigenvalue weighted by molar-refractivity contribution is 7.92. The number of carboxylic acids is 1. The number of methoxy groups -OCH3 is 1. The van der Waals surface area contributed by atoms with Crippen molar-refractivity contribution in [3.63, 3.8) is 0 Å². The monoisotopic (exact) mass is 605 g/mol. The second-order valence-corrected chi connectivity index (χ2v) is 12.0. The third-order valence-electron chi connectivity index (χ3n) is 7.32. The minimum absolute atomic E-state index is 0.0214.